The lowest BCUT2D eigenvalue weighted by atomic mass is 9.73. The first-order valence-electron chi connectivity index (χ1n) is 9.78. The second-order valence-electron chi connectivity index (χ2n) is 8.50. The number of hydrogen-bond acceptors (Lipinski definition) is 4. The number of methoxy groups -OCH3 is 1. The Hall–Kier alpha value is -2.61. The Balaban J connectivity index is 1.86. The van der Waals surface area contributed by atoms with Crippen LogP contribution in [0.25, 0.3) is 0 Å². The van der Waals surface area contributed by atoms with E-state index in [1.54, 1.807) is 12.1 Å². The van der Waals surface area contributed by atoms with Gasteiger partial charge in [-0.15, -0.1) is 0 Å². The molecule has 1 aliphatic rings. The van der Waals surface area contributed by atoms with Crippen LogP contribution in [0.5, 0.6) is 5.75 Å². The number of benzene rings is 2. The lowest BCUT2D eigenvalue weighted by Gasteiger charge is -2.38. The fourth-order valence-electron chi connectivity index (χ4n) is 4.06. The molecule has 31 heavy (non-hydrogen) atoms. The lowest BCUT2D eigenvalue weighted by molar-refractivity contribution is -0.269. The molecular weight excluding hydrogens is 416 g/mol. The molecule has 4 nitrogen and oxygen atoms in total. The van der Waals surface area contributed by atoms with E-state index in [0.29, 0.717) is 16.7 Å². The van der Waals surface area contributed by atoms with Gasteiger partial charge in [-0.1, -0.05) is 26.0 Å². The Morgan fingerprint density at radius 3 is 2.48 bits per heavy atom. The number of rotatable bonds is 7. The maximum absolute atomic E-state index is 14.0. The van der Waals surface area contributed by atoms with E-state index in [4.69, 9.17) is 9.47 Å². The minimum absolute atomic E-state index is 0.0617. The van der Waals surface area contributed by atoms with Crippen LogP contribution in [-0.2, 0) is 23.2 Å². The van der Waals surface area contributed by atoms with Gasteiger partial charge in [-0.2, -0.15) is 13.2 Å². The van der Waals surface area contributed by atoms with E-state index < -0.39 is 41.8 Å². The number of fused-ring (bicyclic) bond motifs is 1. The first-order valence-corrected chi connectivity index (χ1v) is 9.78. The van der Waals surface area contributed by atoms with Crippen molar-refractivity contribution in [3.05, 3.63) is 64.5 Å². The topological polar surface area (TPSA) is 55.8 Å². The van der Waals surface area contributed by atoms with Crippen LogP contribution in [0.3, 0.4) is 0 Å². The summed E-state index contributed by atoms with van der Waals surface area (Å²) < 4.78 is 65.8. The van der Waals surface area contributed by atoms with E-state index in [0.717, 1.165) is 12.1 Å². The Bertz CT molecular complexity index is 984. The molecule has 2 aromatic rings. The van der Waals surface area contributed by atoms with Crippen molar-refractivity contribution in [3.8, 4) is 5.75 Å². The van der Waals surface area contributed by atoms with Crippen LogP contribution in [-0.4, -0.2) is 30.0 Å². The zero-order valence-electron chi connectivity index (χ0n) is 17.5. The van der Waals surface area contributed by atoms with Gasteiger partial charge in [0.1, 0.15) is 18.2 Å². The summed E-state index contributed by atoms with van der Waals surface area (Å²) in [7, 11) is 1.35. The number of aryl methyl sites for hydroxylation is 1. The number of halogens is 4. The molecule has 0 fully saturated rings. The number of aliphatic hydroxyl groups is 1. The van der Waals surface area contributed by atoms with Gasteiger partial charge in [0.25, 0.3) is 0 Å². The van der Waals surface area contributed by atoms with Crippen LogP contribution in [0, 0.1) is 5.82 Å². The molecule has 0 saturated heterocycles. The number of ether oxygens (including phenoxy) is 2. The second kappa shape index (κ2) is 8.15. The third-order valence-corrected chi connectivity index (χ3v) is 5.73. The number of esters is 1. The smallest absolute Gasteiger partial charge is 0.417 e. The van der Waals surface area contributed by atoms with E-state index in [2.05, 4.69) is 0 Å². The van der Waals surface area contributed by atoms with E-state index in [9.17, 15) is 27.5 Å². The van der Waals surface area contributed by atoms with E-state index in [-0.39, 0.29) is 24.3 Å². The Morgan fingerprint density at radius 2 is 1.84 bits per heavy atom. The maximum Gasteiger partial charge on any atom is 0.417 e. The normalized spacial score (nSPS) is 15.9. The van der Waals surface area contributed by atoms with Gasteiger partial charge in [-0.25, -0.2) is 9.18 Å². The van der Waals surface area contributed by atoms with Gasteiger partial charge >= 0.3 is 12.1 Å². The predicted molar refractivity (Wildman–Crippen MR) is 105 cm³/mol. The van der Waals surface area contributed by atoms with Crippen molar-refractivity contribution in [3.63, 3.8) is 0 Å². The molecule has 0 spiro atoms. The second-order valence-corrected chi connectivity index (χ2v) is 8.50. The summed E-state index contributed by atoms with van der Waals surface area (Å²) in [5.41, 5.74) is -2.45. The van der Waals surface area contributed by atoms with Gasteiger partial charge in [-0.05, 0) is 54.5 Å². The zero-order chi connectivity index (χ0) is 23.0. The van der Waals surface area contributed by atoms with Crippen molar-refractivity contribution in [1.29, 1.82) is 0 Å². The summed E-state index contributed by atoms with van der Waals surface area (Å²) >= 11 is 0. The highest BCUT2D eigenvalue weighted by molar-refractivity contribution is 5.93. The monoisotopic (exact) mass is 440 g/mol. The van der Waals surface area contributed by atoms with Crippen molar-refractivity contribution in [2.45, 2.75) is 56.9 Å². The molecule has 168 valence electrons. The Morgan fingerprint density at radius 1 is 1.13 bits per heavy atom. The SMILES string of the molecule is COc1ccc(F)cc1C(C)(C)CC(O)(CCc1ccc2c(c1)COC2=O)C(F)(F)F. The average Bonchev–Trinajstić information content (AvgIpc) is 3.05. The van der Waals surface area contributed by atoms with Crippen LogP contribution in [0.1, 0.15) is 53.7 Å². The van der Waals surface area contributed by atoms with Crippen molar-refractivity contribution in [2.75, 3.05) is 7.11 Å². The summed E-state index contributed by atoms with van der Waals surface area (Å²) in [5.74, 6) is -0.812. The number of hydrogen-bond donors (Lipinski definition) is 1. The van der Waals surface area contributed by atoms with Gasteiger partial charge in [0.2, 0.25) is 0 Å². The van der Waals surface area contributed by atoms with Crippen LogP contribution in [0.2, 0.25) is 0 Å². The summed E-state index contributed by atoms with van der Waals surface area (Å²) in [6.45, 7) is 3.11. The molecule has 0 aliphatic carbocycles. The highest BCUT2D eigenvalue weighted by Crippen LogP contribution is 2.45. The molecule has 0 amide bonds. The third kappa shape index (κ3) is 4.69. The third-order valence-electron chi connectivity index (χ3n) is 5.73. The summed E-state index contributed by atoms with van der Waals surface area (Å²) in [5, 5.41) is 10.7. The predicted octanol–water partition coefficient (Wildman–Crippen LogP) is 5.10. The Kier molecular flexibility index (Phi) is 6.06. The number of carbonyl (C=O) groups excluding carboxylic acids is 1. The fourth-order valence-corrected chi connectivity index (χ4v) is 4.06. The molecule has 3 rings (SSSR count). The number of cyclic esters (lactones) is 1. The summed E-state index contributed by atoms with van der Waals surface area (Å²) in [6.07, 6.45) is -6.24. The standard InChI is InChI=1S/C23H24F4O4/c1-21(2,18-11-16(24)5-7-19(18)30-3)13-22(29,23(25,26)27)9-8-14-4-6-17-15(10-14)12-31-20(17)28/h4-7,10-11,29H,8-9,12-13H2,1-3H3. The quantitative estimate of drug-likeness (QED) is 0.481. The molecule has 0 aromatic heterocycles. The molecule has 2 aromatic carbocycles. The van der Waals surface area contributed by atoms with Gasteiger partial charge in [0, 0.05) is 11.1 Å². The number of carbonyl (C=O) groups is 1. The number of alkyl halides is 3. The van der Waals surface area contributed by atoms with E-state index in [1.165, 1.54) is 33.1 Å². The zero-order valence-corrected chi connectivity index (χ0v) is 17.5. The minimum Gasteiger partial charge on any atom is -0.496 e. The van der Waals surface area contributed by atoms with Gasteiger partial charge in [0.15, 0.2) is 5.60 Å². The van der Waals surface area contributed by atoms with E-state index >= 15 is 0 Å². The molecule has 1 aliphatic heterocycles. The molecule has 1 unspecified atom stereocenters. The highest BCUT2D eigenvalue weighted by atomic mass is 19.4. The minimum atomic E-state index is -4.90. The highest BCUT2D eigenvalue weighted by Gasteiger charge is 2.55. The first-order chi connectivity index (χ1) is 14.4. The molecule has 1 atom stereocenters. The first kappa shape index (κ1) is 23.1. The van der Waals surface area contributed by atoms with Crippen molar-refractivity contribution in [2.24, 2.45) is 0 Å². The Labute approximate surface area is 177 Å². The van der Waals surface area contributed by atoms with Gasteiger partial charge in [0.05, 0.1) is 12.7 Å². The molecule has 0 saturated carbocycles. The maximum atomic E-state index is 14.0. The fraction of sp³-hybridized carbons (Fsp3) is 0.435. The molecular formula is C23H24F4O4. The van der Waals surface area contributed by atoms with Crippen LogP contribution in [0.4, 0.5) is 17.6 Å². The van der Waals surface area contributed by atoms with Crippen LogP contribution in [0.15, 0.2) is 36.4 Å². The van der Waals surface area contributed by atoms with Gasteiger partial charge in [-0.3, -0.25) is 0 Å². The van der Waals surface area contributed by atoms with Crippen molar-refractivity contribution >= 4 is 5.97 Å². The van der Waals surface area contributed by atoms with Crippen molar-refractivity contribution in [1.82, 2.24) is 0 Å². The van der Waals surface area contributed by atoms with Crippen LogP contribution < -0.4 is 4.74 Å². The molecule has 0 radical (unpaired) electrons. The van der Waals surface area contributed by atoms with Crippen molar-refractivity contribution < 1.29 is 36.9 Å². The molecule has 0 bridgehead atoms. The lowest BCUT2D eigenvalue weighted by Crippen LogP contribution is -2.49. The average molecular weight is 440 g/mol. The largest absolute Gasteiger partial charge is 0.496 e. The molecule has 1 heterocycles. The molecule has 1 N–H and O–H groups in total. The summed E-state index contributed by atoms with van der Waals surface area (Å²) in [4.78, 5) is 11.5. The van der Waals surface area contributed by atoms with Crippen LogP contribution >= 0.6 is 0 Å². The van der Waals surface area contributed by atoms with E-state index in [1.807, 2.05) is 0 Å². The molecule has 8 heteroatoms. The van der Waals surface area contributed by atoms with Gasteiger partial charge < -0.3 is 14.6 Å². The summed E-state index contributed by atoms with van der Waals surface area (Å²) in [6, 6.07) is 8.35.